The normalized spacial score (nSPS) is 11.3. The second kappa shape index (κ2) is 8.57. The third-order valence-electron chi connectivity index (χ3n) is 4.09. The van der Waals surface area contributed by atoms with E-state index in [4.69, 9.17) is 4.52 Å². The summed E-state index contributed by atoms with van der Waals surface area (Å²) in [7, 11) is -3.93. The highest BCUT2D eigenvalue weighted by molar-refractivity contribution is 7.92. The third kappa shape index (κ3) is 5.17. The van der Waals surface area contributed by atoms with Crippen LogP contribution in [0.1, 0.15) is 11.5 Å². The lowest BCUT2D eigenvalue weighted by Gasteiger charge is -2.21. The lowest BCUT2D eigenvalue weighted by atomic mass is 10.1. The first kappa shape index (κ1) is 21.4. The molecule has 0 aliphatic heterocycles. The largest absolute Gasteiger partial charge is 0.345 e. The topological polar surface area (TPSA) is 105 Å². The first-order chi connectivity index (χ1) is 14.1. The van der Waals surface area contributed by atoms with Gasteiger partial charge in [0.1, 0.15) is 6.54 Å². The smallest absolute Gasteiger partial charge is 0.246 e. The van der Waals surface area contributed by atoms with Gasteiger partial charge in [-0.05, 0) is 19.1 Å². The third-order valence-corrected chi connectivity index (χ3v) is 5.23. The summed E-state index contributed by atoms with van der Waals surface area (Å²) >= 11 is 0. The Hall–Kier alpha value is -3.34. The monoisotopic (exact) mass is 436 g/mol. The molecule has 1 heterocycles. The molecule has 0 aliphatic rings. The molecule has 0 saturated carbocycles. The lowest BCUT2D eigenvalue weighted by Crippen LogP contribution is -2.40. The summed E-state index contributed by atoms with van der Waals surface area (Å²) in [5, 5.41) is 6.30. The first-order valence-electron chi connectivity index (χ1n) is 8.72. The van der Waals surface area contributed by atoms with Gasteiger partial charge in [0.15, 0.2) is 11.6 Å². The maximum absolute atomic E-state index is 13.5. The van der Waals surface area contributed by atoms with Gasteiger partial charge in [-0.25, -0.2) is 17.2 Å². The van der Waals surface area contributed by atoms with Gasteiger partial charge in [0, 0.05) is 11.6 Å². The number of benzene rings is 2. The summed E-state index contributed by atoms with van der Waals surface area (Å²) in [4.78, 5) is 16.4. The number of carbonyl (C=O) groups excluding carboxylic acids is 1. The Morgan fingerprint density at radius 2 is 1.83 bits per heavy atom. The highest BCUT2D eigenvalue weighted by Crippen LogP contribution is 2.20. The zero-order chi connectivity index (χ0) is 21.9. The summed E-state index contributed by atoms with van der Waals surface area (Å²) in [6, 6.07) is 10.00. The summed E-state index contributed by atoms with van der Waals surface area (Å²) in [5.74, 6) is -2.58. The minimum absolute atomic E-state index is 0.123. The number of aryl methyl sites for hydroxylation is 1. The molecule has 158 valence electrons. The van der Waals surface area contributed by atoms with Crippen LogP contribution in [0.25, 0.3) is 11.4 Å². The second-order valence-electron chi connectivity index (χ2n) is 6.52. The van der Waals surface area contributed by atoms with Crippen LogP contribution in [-0.2, 0) is 21.4 Å². The molecule has 11 heteroatoms. The molecule has 1 amide bonds. The number of amides is 1. The molecule has 0 atom stereocenters. The van der Waals surface area contributed by atoms with E-state index in [9.17, 15) is 22.0 Å². The van der Waals surface area contributed by atoms with Crippen molar-refractivity contribution in [2.75, 3.05) is 17.1 Å². The van der Waals surface area contributed by atoms with Gasteiger partial charge in [0.25, 0.3) is 0 Å². The maximum Gasteiger partial charge on any atom is 0.246 e. The molecule has 3 rings (SSSR count). The van der Waals surface area contributed by atoms with Gasteiger partial charge in [-0.2, -0.15) is 4.98 Å². The van der Waals surface area contributed by atoms with E-state index in [1.165, 1.54) is 0 Å². The van der Waals surface area contributed by atoms with E-state index in [1.54, 1.807) is 0 Å². The molecule has 2 aromatic carbocycles. The average molecular weight is 436 g/mol. The van der Waals surface area contributed by atoms with Crippen molar-refractivity contribution in [2.24, 2.45) is 0 Å². The quantitative estimate of drug-likeness (QED) is 0.610. The second-order valence-corrected chi connectivity index (χ2v) is 8.43. The minimum Gasteiger partial charge on any atom is -0.345 e. The standard InChI is InChI=1S/C19H18F2N4O4S/c1-12-3-5-13(6-4-12)19-23-18(29-24-19)10-22-17(26)11-25(30(2,27)28)14-7-8-15(20)16(21)9-14/h3-9H,10-11H2,1-2H3,(H,22,26). The molecular weight excluding hydrogens is 418 g/mol. The van der Waals surface area contributed by atoms with E-state index < -0.39 is 34.1 Å². The van der Waals surface area contributed by atoms with Crippen molar-refractivity contribution in [3.8, 4) is 11.4 Å². The number of hydrogen-bond donors (Lipinski definition) is 1. The van der Waals surface area contributed by atoms with Crippen molar-refractivity contribution < 1.29 is 26.5 Å². The van der Waals surface area contributed by atoms with E-state index in [-0.39, 0.29) is 18.1 Å². The van der Waals surface area contributed by atoms with Gasteiger partial charge >= 0.3 is 0 Å². The summed E-state index contributed by atoms with van der Waals surface area (Å²) < 4.78 is 56.4. The van der Waals surface area contributed by atoms with E-state index in [2.05, 4.69) is 15.5 Å². The van der Waals surface area contributed by atoms with Crippen LogP contribution in [0.2, 0.25) is 0 Å². The minimum atomic E-state index is -3.93. The predicted molar refractivity (Wildman–Crippen MR) is 105 cm³/mol. The number of anilines is 1. The van der Waals surface area contributed by atoms with Crippen LogP contribution in [0, 0.1) is 18.6 Å². The Morgan fingerprint density at radius 1 is 1.13 bits per heavy atom. The van der Waals surface area contributed by atoms with Crippen LogP contribution >= 0.6 is 0 Å². The Bertz CT molecular complexity index is 1160. The molecule has 0 saturated heterocycles. The number of hydrogen-bond acceptors (Lipinski definition) is 6. The zero-order valence-electron chi connectivity index (χ0n) is 16.1. The zero-order valence-corrected chi connectivity index (χ0v) is 16.9. The average Bonchev–Trinajstić information content (AvgIpc) is 3.15. The number of carbonyl (C=O) groups is 1. The lowest BCUT2D eigenvalue weighted by molar-refractivity contribution is -0.119. The van der Waals surface area contributed by atoms with Crippen LogP contribution in [0.5, 0.6) is 0 Å². The molecule has 0 spiro atoms. The van der Waals surface area contributed by atoms with Gasteiger partial charge in [-0.15, -0.1) is 0 Å². The fourth-order valence-electron chi connectivity index (χ4n) is 2.55. The van der Waals surface area contributed by atoms with Gasteiger partial charge in [-0.3, -0.25) is 9.10 Å². The van der Waals surface area contributed by atoms with E-state index in [0.29, 0.717) is 16.2 Å². The Morgan fingerprint density at radius 3 is 2.47 bits per heavy atom. The maximum atomic E-state index is 13.5. The molecule has 1 aromatic heterocycles. The Balaban J connectivity index is 1.66. The van der Waals surface area contributed by atoms with Gasteiger partial charge in [-0.1, -0.05) is 35.0 Å². The van der Waals surface area contributed by atoms with Crippen LogP contribution in [0.4, 0.5) is 14.5 Å². The van der Waals surface area contributed by atoms with Gasteiger partial charge in [0.05, 0.1) is 18.5 Å². The highest BCUT2D eigenvalue weighted by atomic mass is 32.2. The predicted octanol–water partition coefficient (Wildman–Crippen LogP) is 2.41. The molecule has 0 bridgehead atoms. The summed E-state index contributed by atoms with van der Waals surface area (Å²) in [5.41, 5.74) is 1.64. The number of sulfonamides is 1. The molecule has 0 unspecified atom stereocenters. The first-order valence-corrected chi connectivity index (χ1v) is 10.6. The molecular formula is C19H18F2N4O4S. The van der Waals surface area contributed by atoms with Crippen LogP contribution in [0.3, 0.4) is 0 Å². The molecule has 3 aromatic rings. The highest BCUT2D eigenvalue weighted by Gasteiger charge is 2.22. The van der Waals surface area contributed by atoms with E-state index >= 15 is 0 Å². The van der Waals surface area contributed by atoms with Crippen molar-refractivity contribution in [3.63, 3.8) is 0 Å². The molecule has 0 fully saturated rings. The van der Waals surface area contributed by atoms with E-state index in [0.717, 1.165) is 29.5 Å². The van der Waals surface area contributed by atoms with Crippen molar-refractivity contribution >= 4 is 21.6 Å². The van der Waals surface area contributed by atoms with Crippen molar-refractivity contribution in [1.82, 2.24) is 15.5 Å². The summed E-state index contributed by atoms with van der Waals surface area (Å²) in [6.07, 6.45) is 0.855. The number of nitrogens with one attached hydrogen (secondary N) is 1. The van der Waals surface area contributed by atoms with Crippen LogP contribution in [0.15, 0.2) is 47.0 Å². The van der Waals surface area contributed by atoms with Crippen LogP contribution < -0.4 is 9.62 Å². The molecule has 30 heavy (non-hydrogen) atoms. The van der Waals surface area contributed by atoms with Gasteiger partial charge in [0.2, 0.25) is 27.6 Å². The molecule has 1 N–H and O–H groups in total. The molecule has 8 nitrogen and oxygen atoms in total. The molecule has 0 radical (unpaired) electrons. The van der Waals surface area contributed by atoms with Crippen LogP contribution in [-0.4, -0.2) is 37.3 Å². The number of halogens is 2. The number of nitrogens with zero attached hydrogens (tertiary/aromatic N) is 3. The SMILES string of the molecule is Cc1ccc(-c2noc(CNC(=O)CN(c3ccc(F)c(F)c3)S(C)(=O)=O)n2)cc1. The fourth-order valence-corrected chi connectivity index (χ4v) is 3.40. The molecule has 0 aliphatic carbocycles. The van der Waals surface area contributed by atoms with Crippen molar-refractivity contribution in [2.45, 2.75) is 13.5 Å². The fraction of sp³-hybridized carbons (Fsp3) is 0.211. The number of rotatable bonds is 7. The van der Waals surface area contributed by atoms with Crippen molar-refractivity contribution in [3.05, 3.63) is 65.6 Å². The Labute approximate surface area is 171 Å². The summed E-state index contributed by atoms with van der Waals surface area (Å²) in [6.45, 7) is 1.18. The van der Waals surface area contributed by atoms with Crippen molar-refractivity contribution in [1.29, 1.82) is 0 Å². The number of aromatic nitrogens is 2. The Kier molecular flexibility index (Phi) is 6.11. The van der Waals surface area contributed by atoms with Gasteiger partial charge < -0.3 is 9.84 Å². The van der Waals surface area contributed by atoms with E-state index in [1.807, 2.05) is 31.2 Å².